The number of H-pyrrole nitrogens is 2. The quantitative estimate of drug-likeness (QED) is 0.378. The van der Waals surface area contributed by atoms with Crippen LogP contribution in [0.5, 0.6) is 5.75 Å². The van der Waals surface area contributed by atoms with Gasteiger partial charge in [0.15, 0.2) is 0 Å². The highest BCUT2D eigenvalue weighted by Gasteiger charge is 2.21. The molecule has 1 saturated heterocycles. The number of fused-ring (bicyclic) bond motifs is 2. The van der Waals surface area contributed by atoms with E-state index in [0.717, 1.165) is 63.3 Å². The number of aromatic nitrogens is 5. The number of aliphatic hydroxyl groups is 1. The van der Waals surface area contributed by atoms with Gasteiger partial charge in [-0.2, -0.15) is 5.10 Å². The van der Waals surface area contributed by atoms with Crippen molar-refractivity contribution in [3.05, 3.63) is 66.6 Å². The highest BCUT2D eigenvalue weighted by molar-refractivity contribution is 5.93. The molecule has 0 bridgehead atoms. The molecule has 1 aliphatic rings. The molecule has 5 aromatic rings. The Morgan fingerprint density at radius 2 is 2.06 bits per heavy atom. The Morgan fingerprint density at radius 1 is 1.12 bits per heavy atom. The highest BCUT2D eigenvalue weighted by atomic mass is 16.5. The van der Waals surface area contributed by atoms with Crippen LogP contribution in [0.3, 0.4) is 0 Å². The predicted octanol–water partition coefficient (Wildman–Crippen LogP) is 4.21. The summed E-state index contributed by atoms with van der Waals surface area (Å²) in [6, 6.07) is 14.0. The average Bonchev–Trinajstić information content (AvgIpc) is 3.58. The summed E-state index contributed by atoms with van der Waals surface area (Å²) in [7, 11) is 0. The molecule has 33 heavy (non-hydrogen) atoms. The molecule has 0 saturated carbocycles. The van der Waals surface area contributed by atoms with Crippen molar-refractivity contribution in [2.75, 3.05) is 18.0 Å². The van der Waals surface area contributed by atoms with Crippen molar-refractivity contribution in [2.45, 2.75) is 25.6 Å². The van der Waals surface area contributed by atoms with Crippen LogP contribution in [0.25, 0.3) is 33.2 Å². The summed E-state index contributed by atoms with van der Waals surface area (Å²) < 4.78 is 6.31. The van der Waals surface area contributed by atoms with Crippen molar-refractivity contribution in [2.24, 2.45) is 0 Å². The number of hydrogen-bond donors (Lipinski definition) is 3. The number of benzene rings is 1. The fourth-order valence-electron chi connectivity index (χ4n) is 4.55. The molecule has 3 N–H and O–H groups in total. The monoisotopic (exact) mass is 440 g/mol. The van der Waals surface area contributed by atoms with Crippen molar-refractivity contribution in [1.82, 2.24) is 25.1 Å². The van der Waals surface area contributed by atoms with Gasteiger partial charge in [0.2, 0.25) is 0 Å². The van der Waals surface area contributed by atoms with E-state index in [1.54, 1.807) is 6.20 Å². The lowest BCUT2D eigenvalue weighted by atomic mass is 10.1. The van der Waals surface area contributed by atoms with E-state index in [9.17, 15) is 5.11 Å². The first kappa shape index (κ1) is 19.8. The third-order valence-corrected chi connectivity index (χ3v) is 6.29. The lowest BCUT2D eigenvalue weighted by Crippen LogP contribution is -2.21. The SMILES string of the molecule is CC(Oc1ccc2[nH]nc(-c3ccc(N4CC[C@@H](O)C4)nc3)c2c1)c1ccnc2[nH]ccc12. The molecule has 0 aliphatic carbocycles. The normalized spacial score (nSPS) is 17.2. The number of hydrogen-bond acceptors (Lipinski definition) is 6. The molecular weight excluding hydrogens is 416 g/mol. The molecule has 5 heterocycles. The number of β-amino-alcohol motifs (C(OH)–C–C–N with tert-alkyl or cyclic N) is 1. The van der Waals surface area contributed by atoms with E-state index in [0.29, 0.717) is 6.54 Å². The van der Waals surface area contributed by atoms with Crippen molar-refractivity contribution >= 4 is 27.8 Å². The summed E-state index contributed by atoms with van der Waals surface area (Å²) in [4.78, 5) is 14.2. The zero-order valence-electron chi connectivity index (χ0n) is 18.2. The summed E-state index contributed by atoms with van der Waals surface area (Å²) in [5.74, 6) is 1.65. The van der Waals surface area contributed by atoms with Gasteiger partial charge in [-0.05, 0) is 55.8 Å². The lowest BCUT2D eigenvalue weighted by molar-refractivity contribution is 0.198. The van der Waals surface area contributed by atoms with Gasteiger partial charge in [-0.25, -0.2) is 9.97 Å². The number of nitrogens with zero attached hydrogens (tertiary/aromatic N) is 4. The number of nitrogens with one attached hydrogen (secondary N) is 2. The van der Waals surface area contributed by atoms with Crippen molar-refractivity contribution in [1.29, 1.82) is 0 Å². The second-order valence-corrected chi connectivity index (χ2v) is 8.47. The predicted molar refractivity (Wildman–Crippen MR) is 127 cm³/mol. The Morgan fingerprint density at radius 3 is 2.88 bits per heavy atom. The van der Waals surface area contributed by atoms with Crippen LogP contribution in [0.2, 0.25) is 0 Å². The van der Waals surface area contributed by atoms with Gasteiger partial charge in [0.1, 0.15) is 29.0 Å². The van der Waals surface area contributed by atoms with Gasteiger partial charge in [-0.3, -0.25) is 5.10 Å². The minimum absolute atomic E-state index is 0.143. The number of anilines is 1. The van der Waals surface area contributed by atoms with E-state index in [1.807, 2.05) is 61.8 Å². The first-order valence-corrected chi connectivity index (χ1v) is 11.1. The zero-order chi connectivity index (χ0) is 22.4. The smallest absolute Gasteiger partial charge is 0.137 e. The van der Waals surface area contributed by atoms with Gasteiger partial charge in [-0.15, -0.1) is 0 Å². The maximum atomic E-state index is 9.79. The van der Waals surface area contributed by atoms with E-state index < -0.39 is 0 Å². The largest absolute Gasteiger partial charge is 0.486 e. The van der Waals surface area contributed by atoms with E-state index in [1.165, 1.54) is 0 Å². The molecule has 8 nitrogen and oxygen atoms in total. The average molecular weight is 441 g/mol. The van der Waals surface area contributed by atoms with E-state index in [2.05, 4.69) is 30.0 Å². The van der Waals surface area contributed by atoms with Gasteiger partial charge < -0.3 is 19.7 Å². The standard InChI is InChI=1S/C25H24N6O2/c1-15(19-6-9-26-25-20(19)7-10-27-25)33-18-3-4-22-21(12-18)24(30-29-22)16-2-5-23(28-13-16)31-11-8-17(32)14-31/h2-7,9-10,12-13,15,17,32H,8,11,14H2,1H3,(H,26,27)(H,29,30)/t15?,17-/m1/s1. The minimum atomic E-state index is -0.275. The summed E-state index contributed by atoms with van der Waals surface area (Å²) in [5.41, 5.74) is 4.64. The third kappa shape index (κ3) is 3.58. The first-order chi connectivity index (χ1) is 16.2. The Bertz CT molecular complexity index is 1420. The van der Waals surface area contributed by atoms with Crippen LogP contribution >= 0.6 is 0 Å². The van der Waals surface area contributed by atoms with Gasteiger partial charge in [0.25, 0.3) is 0 Å². The Hall–Kier alpha value is -3.91. The van der Waals surface area contributed by atoms with Crippen LogP contribution in [0.15, 0.2) is 61.1 Å². The molecule has 1 aliphatic heterocycles. The van der Waals surface area contributed by atoms with Gasteiger partial charge in [0, 0.05) is 53.6 Å². The molecule has 8 heteroatoms. The van der Waals surface area contributed by atoms with Crippen LogP contribution < -0.4 is 9.64 Å². The first-order valence-electron chi connectivity index (χ1n) is 11.1. The van der Waals surface area contributed by atoms with E-state index in [4.69, 9.17) is 4.74 Å². The molecule has 0 radical (unpaired) electrons. The van der Waals surface area contributed by atoms with Gasteiger partial charge >= 0.3 is 0 Å². The number of rotatable bonds is 5. The second kappa shape index (κ2) is 7.90. The maximum Gasteiger partial charge on any atom is 0.137 e. The molecule has 1 unspecified atom stereocenters. The van der Waals surface area contributed by atoms with Crippen molar-refractivity contribution in [3.63, 3.8) is 0 Å². The van der Waals surface area contributed by atoms with Gasteiger partial charge in [-0.1, -0.05) is 0 Å². The van der Waals surface area contributed by atoms with Gasteiger partial charge in [0.05, 0.1) is 11.6 Å². The molecule has 2 atom stereocenters. The minimum Gasteiger partial charge on any atom is -0.486 e. The number of pyridine rings is 2. The van der Waals surface area contributed by atoms with E-state index >= 15 is 0 Å². The van der Waals surface area contributed by atoms with Crippen LogP contribution in [0.4, 0.5) is 5.82 Å². The van der Waals surface area contributed by atoms with Crippen LogP contribution in [0.1, 0.15) is 25.0 Å². The molecule has 1 fully saturated rings. The fraction of sp³-hybridized carbons (Fsp3) is 0.240. The zero-order valence-corrected chi connectivity index (χ0v) is 18.2. The van der Waals surface area contributed by atoms with E-state index in [-0.39, 0.29) is 12.2 Å². The molecule has 4 aromatic heterocycles. The van der Waals surface area contributed by atoms with Crippen LogP contribution in [-0.2, 0) is 0 Å². The second-order valence-electron chi connectivity index (χ2n) is 8.47. The lowest BCUT2D eigenvalue weighted by Gasteiger charge is -2.16. The number of ether oxygens (including phenoxy) is 1. The van der Waals surface area contributed by atoms with Crippen molar-refractivity contribution < 1.29 is 9.84 Å². The molecule has 166 valence electrons. The Labute approximate surface area is 190 Å². The molecule has 0 amide bonds. The summed E-state index contributed by atoms with van der Waals surface area (Å²) in [5, 5.41) is 19.5. The fourth-order valence-corrected chi connectivity index (χ4v) is 4.55. The topological polar surface area (TPSA) is 103 Å². The maximum absolute atomic E-state index is 9.79. The van der Waals surface area contributed by atoms with Crippen molar-refractivity contribution in [3.8, 4) is 17.0 Å². The Balaban J connectivity index is 1.28. The molecule has 1 aromatic carbocycles. The third-order valence-electron chi connectivity index (χ3n) is 6.29. The summed E-state index contributed by atoms with van der Waals surface area (Å²) in [6.45, 7) is 3.49. The molecular formula is C25H24N6O2. The summed E-state index contributed by atoms with van der Waals surface area (Å²) >= 11 is 0. The number of aliphatic hydroxyl groups excluding tert-OH is 1. The summed E-state index contributed by atoms with van der Waals surface area (Å²) in [6.07, 6.45) is 5.89. The van der Waals surface area contributed by atoms with Crippen LogP contribution in [-0.4, -0.2) is 49.4 Å². The molecule has 0 spiro atoms. The molecule has 6 rings (SSSR count). The number of aromatic amines is 2. The Kier molecular flexibility index (Phi) is 4.73. The highest BCUT2D eigenvalue weighted by Crippen LogP contribution is 2.32. The van der Waals surface area contributed by atoms with Crippen LogP contribution in [0, 0.1) is 0 Å².